The van der Waals surface area contributed by atoms with Crippen molar-refractivity contribution in [2.75, 3.05) is 53.2 Å². The van der Waals surface area contributed by atoms with Crippen molar-refractivity contribution in [3.63, 3.8) is 0 Å². The SMILES string of the molecule is CN(C)CC1CCN(S(=O)(=O)N(C)CCCCl)CC1. The highest BCUT2D eigenvalue weighted by atomic mass is 35.5. The van der Waals surface area contributed by atoms with Crippen LogP contribution in [0.5, 0.6) is 0 Å². The summed E-state index contributed by atoms with van der Waals surface area (Å²) in [6, 6.07) is 0. The maximum atomic E-state index is 12.3. The summed E-state index contributed by atoms with van der Waals surface area (Å²) in [5.74, 6) is 1.10. The van der Waals surface area contributed by atoms with E-state index in [9.17, 15) is 8.42 Å². The lowest BCUT2D eigenvalue weighted by molar-refractivity contribution is 0.217. The minimum absolute atomic E-state index is 0.490. The molecule has 0 bridgehead atoms. The Morgan fingerprint density at radius 2 is 1.79 bits per heavy atom. The van der Waals surface area contributed by atoms with Crippen molar-refractivity contribution in [1.29, 1.82) is 0 Å². The van der Waals surface area contributed by atoms with Crippen molar-refractivity contribution < 1.29 is 8.42 Å². The number of halogens is 1. The molecular formula is C12H26ClN3O2S. The van der Waals surface area contributed by atoms with Gasteiger partial charge in [0.05, 0.1) is 0 Å². The largest absolute Gasteiger partial charge is 0.309 e. The van der Waals surface area contributed by atoms with Gasteiger partial charge in [-0.1, -0.05) is 0 Å². The van der Waals surface area contributed by atoms with Gasteiger partial charge < -0.3 is 4.90 Å². The maximum absolute atomic E-state index is 12.3. The van der Waals surface area contributed by atoms with Crippen LogP contribution in [0, 0.1) is 5.92 Å². The molecule has 0 aliphatic carbocycles. The van der Waals surface area contributed by atoms with E-state index in [1.54, 1.807) is 11.4 Å². The van der Waals surface area contributed by atoms with Gasteiger partial charge in [0.25, 0.3) is 10.2 Å². The molecule has 0 radical (unpaired) electrons. The summed E-state index contributed by atoms with van der Waals surface area (Å²) in [5.41, 5.74) is 0. The minimum atomic E-state index is -3.29. The molecule has 1 aliphatic heterocycles. The Balaban J connectivity index is 2.49. The summed E-state index contributed by atoms with van der Waals surface area (Å²) in [5, 5.41) is 0. The molecule has 0 atom stereocenters. The molecular weight excluding hydrogens is 286 g/mol. The van der Waals surface area contributed by atoms with Crippen LogP contribution >= 0.6 is 11.6 Å². The first-order valence-electron chi connectivity index (χ1n) is 6.80. The summed E-state index contributed by atoms with van der Waals surface area (Å²) < 4.78 is 27.7. The zero-order chi connectivity index (χ0) is 14.5. The molecule has 114 valence electrons. The molecule has 19 heavy (non-hydrogen) atoms. The molecule has 1 heterocycles. The summed E-state index contributed by atoms with van der Waals surface area (Å²) in [6.45, 7) is 2.79. The first kappa shape index (κ1) is 17.2. The topological polar surface area (TPSA) is 43.9 Å². The first-order chi connectivity index (χ1) is 8.87. The Bertz CT molecular complexity index is 354. The van der Waals surface area contributed by atoms with E-state index in [4.69, 9.17) is 11.6 Å². The zero-order valence-corrected chi connectivity index (χ0v) is 13.8. The number of piperidine rings is 1. The number of rotatable bonds is 7. The predicted octanol–water partition coefficient (Wildman–Crippen LogP) is 1.07. The second-order valence-electron chi connectivity index (χ2n) is 5.48. The molecule has 0 amide bonds. The summed E-state index contributed by atoms with van der Waals surface area (Å²) >= 11 is 5.61. The molecule has 0 unspecified atom stereocenters. The fourth-order valence-electron chi connectivity index (χ4n) is 2.43. The summed E-state index contributed by atoms with van der Waals surface area (Å²) in [6.07, 6.45) is 2.58. The van der Waals surface area contributed by atoms with E-state index < -0.39 is 10.2 Å². The normalized spacial score (nSPS) is 19.5. The van der Waals surface area contributed by atoms with Crippen LogP contribution in [0.4, 0.5) is 0 Å². The third-order valence-electron chi connectivity index (χ3n) is 3.52. The van der Waals surface area contributed by atoms with Gasteiger partial charge in [-0.05, 0) is 39.3 Å². The molecule has 1 rings (SSSR count). The van der Waals surface area contributed by atoms with Crippen molar-refractivity contribution in [1.82, 2.24) is 13.5 Å². The number of hydrogen-bond donors (Lipinski definition) is 0. The average Bonchev–Trinajstić information content (AvgIpc) is 2.35. The summed E-state index contributed by atoms with van der Waals surface area (Å²) in [7, 11) is 2.46. The third kappa shape index (κ3) is 5.19. The van der Waals surface area contributed by atoms with E-state index in [1.807, 2.05) is 0 Å². The Morgan fingerprint density at radius 3 is 2.26 bits per heavy atom. The minimum Gasteiger partial charge on any atom is -0.309 e. The number of hydrogen-bond acceptors (Lipinski definition) is 3. The van der Waals surface area contributed by atoms with Crippen LogP contribution in [0.2, 0.25) is 0 Å². The highest BCUT2D eigenvalue weighted by molar-refractivity contribution is 7.86. The van der Waals surface area contributed by atoms with E-state index in [2.05, 4.69) is 19.0 Å². The Labute approximate surface area is 122 Å². The van der Waals surface area contributed by atoms with Crippen LogP contribution in [0.3, 0.4) is 0 Å². The zero-order valence-electron chi connectivity index (χ0n) is 12.2. The molecule has 1 aliphatic rings. The highest BCUT2D eigenvalue weighted by Gasteiger charge is 2.30. The molecule has 1 saturated heterocycles. The van der Waals surface area contributed by atoms with Crippen LogP contribution in [0.15, 0.2) is 0 Å². The second-order valence-corrected chi connectivity index (χ2v) is 7.89. The Hall–Kier alpha value is 0.120. The van der Waals surface area contributed by atoms with E-state index in [0.29, 0.717) is 37.9 Å². The van der Waals surface area contributed by atoms with Gasteiger partial charge in [-0.2, -0.15) is 17.0 Å². The molecule has 0 saturated carbocycles. The van der Waals surface area contributed by atoms with Crippen molar-refractivity contribution in [3.8, 4) is 0 Å². The lowest BCUT2D eigenvalue weighted by Crippen LogP contribution is -2.46. The second kappa shape index (κ2) is 7.78. The van der Waals surface area contributed by atoms with Crippen molar-refractivity contribution in [3.05, 3.63) is 0 Å². The van der Waals surface area contributed by atoms with Gasteiger partial charge in [0, 0.05) is 39.1 Å². The molecule has 1 fully saturated rings. The predicted molar refractivity (Wildman–Crippen MR) is 79.7 cm³/mol. The van der Waals surface area contributed by atoms with Gasteiger partial charge >= 0.3 is 0 Å². The van der Waals surface area contributed by atoms with E-state index in [-0.39, 0.29) is 0 Å². The Kier molecular flexibility index (Phi) is 7.04. The third-order valence-corrected chi connectivity index (χ3v) is 5.78. The lowest BCUT2D eigenvalue weighted by Gasteiger charge is -2.34. The summed E-state index contributed by atoms with van der Waals surface area (Å²) in [4.78, 5) is 2.17. The number of alkyl halides is 1. The van der Waals surface area contributed by atoms with Crippen molar-refractivity contribution in [2.24, 2.45) is 5.92 Å². The molecule has 0 aromatic carbocycles. The van der Waals surface area contributed by atoms with Crippen LogP contribution in [-0.4, -0.2) is 75.1 Å². The van der Waals surface area contributed by atoms with Gasteiger partial charge in [0.1, 0.15) is 0 Å². The molecule has 0 aromatic heterocycles. The molecule has 0 aromatic rings. The Morgan fingerprint density at radius 1 is 1.21 bits per heavy atom. The molecule has 0 N–H and O–H groups in total. The fourth-order valence-corrected chi connectivity index (χ4v) is 3.98. The van der Waals surface area contributed by atoms with Gasteiger partial charge in [0.2, 0.25) is 0 Å². The van der Waals surface area contributed by atoms with Gasteiger partial charge in [-0.3, -0.25) is 0 Å². The van der Waals surface area contributed by atoms with Crippen LogP contribution < -0.4 is 0 Å². The first-order valence-corrected chi connectivity index (χ1v) is 8.73. The smallest absolute Gasteiger partial charge is 0.281 e. The van der Waals surface area contributed by atoms with Crippen LogP contribution in [0.25, 0.3) is 0 Å². The van der Waals surface area contributed by atoms with E-state index >= 15 is 0 Å². The maximum Gasteiger partial charge on any atom is 0.281 e. The van der Waals surface area contributed by atoms with Gasteiger partial charge in [0.15, 0.2) is 0 Å². The van der Waals surface area contributed by atoms with Gasteiger partial charge in [-0.15, -0.1) is 11.6 Å². The van der Waals surface area contributed by atoms with Crippen LogP contribution in [0.1, 0.15) is 19.3 Å². The average molecular weight is 312 g/mol. The number of nitrogens with zero attached hydrogens (tertiary/aromatic N) is 3. The fraction of sp³-hybridized carbons (Fsp3) is 1.00. The molecule has 0 spiro atoms. The van der Waals surface area contributed by atoms with E-state index in [1.165, 1.54) is 4.31 Å². The standard InChI is InChI=1S/C12H26ClN3O2S/c1-14(2)11-12-5-9-16(10-6-12)19(17,18)15(3)8-4-7-13/h12H,4-11H2,1-3H3. The highest BCUT2D eigenvalue weighted by Crippen LogP contribution is 2.21. The van der Waals surface area contributed by atoms with E-state index in [0.717, 1.165) is 19.4 Å². The lowest BCUT2D eigenvalue weighted by atomic mass is 9.98. The van der Waals surface area contributed by atoms with Crippen molar-refractivity contribution in [2.45, 2.75) is 19.3 Å². The van der Waals surface area contributed by atoms with Crippen LogP contribution in [-0.2, 0) is 10.2 Å². The van der Waals surface area contributed by atoms with Crippen molar-refractivity contribution >= 4 is 21.8 Å². The molecule has 7 heteroatoms. The van der Waals surface area contributed by atoms with Gasteiger partial charge in [-0.25, -0.2) is 0 Å². The monoisotopic (exact) mass is 311 g/mol. The molecule has 5 nitrogen and oxygen atoms in total. The quantitative estimate of drug-likeness (QED) is 0.661.